The maximum atomic E-state index is 12.7. The number of hydrogen-bond donors (Lipinski definition) is 1. The van der Waals surface area contributed by atoms with Gasteiger partial charge in [-0.25, -0.2) is 4.98 Å². The minimum Gasteiger partial charge on any atom is -0.356 e. The SMILES string of the molecule is CC(=O)NCCc1csc([C@H]2CCCN(C(=O)c3ccccc3)C2)n1. The Bertz CT molecular complexity index is 729. The third kappa shape index (κ3) is 4.66. The molecule has 0 radical (unpaired) electrons. The molecule has 1 aliphatic rings. The molecule has 0 bridgehead atoms. The van der Waals surface area contributed by atoms with Gasteiger partial charge in [0.2, 0.25) is 5.91 Å². The lowest BCUT2D eigenvalue weighted by Crippen LogP contribution is -2.39. The van der Waals surface area contributed by atoms with Gasteiger partial charge in [0.25, 0.3) is 5.91 Å². The lowest BCUT2D eigenvalue weighted by Gasteiger charge is -2.32. The minimum absolute atomic E-state index is 0.0159. The average Bonchev–Trinajstić information content (AvgIpc) is 3.10. The number of nitrogens with zero attached hydrogens (tertiary/aromatic N) is 2. The number of thiazole rings is 1. The molecular weight excluding hydrogens is 334 g/mol. The molecule has 3 rings (SSSR count). The average molecular weight is 357 g/mol. The van der Waals surface area contributed by atoms with Crippen LogP contribution in [-0.4, -0.2) is 41.3 Å². The van der Waals surface area contributed by atoms with Crippen molar-refractivity contribution in [1.29, 1.82) is 0 Å². The van der Waals surface area contributed by atoms with Crippen molar-refractivity contribution >= 4 is 23.2 Å². The summed E-state index contributed by atoms with van der Waals surface area (Å²) < 4.78 is 0. The van der Waals surface area contributed by atoms with Crippen LogP contribution in [0.25, 0.3) is 0 Å². The van der Waals surface area contributed by atoms with E-state index in [1.807, 2.05) is 35.2 Å². The molecule has 132 valence electrons. The van der Waals surface area contributed by atoms with Gasteiger partial charge in [0.05, 0.1) is 10.7 Å². The molecule has 1 N–H and O–H groups in total. The van der Waals surface area contributed by atoms with Crippen LogP contribution in [0.4, 0.5) is 0 Å². The molecule has 2 amide bonds. The molecule has 6 heteroatoms. The van der Waals surface area contributed by atoms with Crippen molar-refractivity contribution in [2.45, 2.75) is 32.1 Å². The normalized spacial score (nSPS) is 17.3. The zero-order valence-electron chi connectivity index (χ0n) is 14.4. The van der Waals surface area contributed by atoms with E-state index >= 15 is 0 Å². The van der Waals surface area contributed by atoms with E-state index in [4.69, 9.17) is 4.98 Å². The second-order valence-electron chi connectivity index (χ2n) is 6.37. The maximum absolute atomic E-state index is 12.7. The van der Waals surface area contributed by atoms with Crippen LogP contribution in [0.2, 0.25) is 0 Å². The Morgan fingerprint density at radius 3 is 2.88 bits per heavy atom. The quantitative estimate of drug-likeness (QED) is 0.895. The molecule has 0 aliphatic carbocycles. The van der Waals surface area contributed by atoms with Crippen molar-refractivity contribution in [2.24, 2.45) is 0 Å². The van der Waals surface area contributed by atoms with E-state index in [9.17, 15) is 9.59 Å². The third-order valence-electron chi connectivity index (χ3n) is 4.40. The molecular formula is C19H23N3O2S. The topological polar surface area (TPSA) is 62.3 Å². The lowest BCUT2D eigenvalue weighted by molar-refractivity contribution is -0.118. The molecule has 1 aromatic carbocycles. The number of amides is 2. The van der Waals surface area contributed by atoms with Crippen LogP contribution < -0.4 is 5.32 Å². The lowest BCUT2D eigenvalue weighted by atomic mass is 9.98. The zero-order valence-corrected chi connectivity index (χ0v) is 15.2. The highest BCUT2D eigenvalue weighted by Gasteiger charge is 2.27. The molecule has 2 aromatic rings. The predicted octanol–water partition coefficient (Wildman–Crippen LogP) is 2.84. The Morgan fingerprint density at radius 2 is 2.12 bits per heavy atom. The molecule has 0 unspecified atom stereocenters. The fraction of sp³-hybridized carbons (Fsp3) is 0.421. The van der Waals surface area contributed by atoms with E-state index < -0.39 is 0 Å². The summed E-state index contributed by atoms with van der Waals surface area (Å²) in [6, 6.07) is 9.46. The summed E-state index contributed by atoms with van der Waals surface area (Å²) in [5.41, 5.74) is 1.76. The Morgan fingerprint density at radius 1 is 1.32 bits per heavy atom. The second-order valence-corrected chi connectivity index (χ2v) is 7.26. The van der Waals surface area contributed by atoms with Crippen LogP contribution in [0, 0.1) is 0 Å². The van der Waals surface area contributed by atoms with Crippen molar-refractivity contribution in [2.75, 3.05) is 19.6 Å². The van der Waals surface area contributed by atoms with E-state index in [1.54, 1.807) is 11.3 Å². The van der Waals surface area contributed by atoms with Crippen molar-refractivity contribution < 1.29 is 9.59 Å². The first kappa shape index (κ1) is 17.6. The van der Waals surface area contributed by atoms with Gasteiger partial charge < -0.3 is 10.2 Å². The summed E-state index contributed by atoms with van der Waals surface area (Å²) in [4.78, 5) is 30.3. The first-order valence-corrected chi connectivity index (χ1v) is 9.54. The maximum Gasteiger partial charge on any atom is 0.253 e. The summed E-state index contributed by atoms with van der Waals surface area (Å²) in [7, 11) is 0. The number of benzene rings is 1. The fourth-order valence-electron chi connectivity index (χ4n) is 3.12. The molecule has 25 heavy (non-hydrogen) atoms. The number of hydrogen-bond acceptors (Lipinski definition) is 4. The van der Waals surface area contributed by atoms with E-state index in [0.29, 0.717) is 12.5 Å². The van der Waals surface area contributed by atoms with Crippen LogP contribution in [0.15, 0.2) is 35.7 Å². The second kappa shape index (κ2) is 8.25. The Balaban J connectivity index is 1.61. The van der Waals surface area contributed by atoms with Gasteiger partial charge in [0.1, 0.15) is 0 Å². The van der Waals surface area contributed by atoms with Gasteiger partial charge in [0, 0.05) is 49.8 Å². The summed E-state index contributed by atoms with van der Waals surface area (Å²) >= 11 is 1.66. The molecule has 1 atom stereocenters. The van der Waals surface area contributed by atoms with E-state index in [-0.39, 0.29) is 11.8 Å². The first-order valence-electron chi connectivity index (χ1n) is 8.66. The van der Waals surface area contributed by atoms with Crippen molar-refractivity contribution in [3.63, 3.8) is 0 Å². The standard InChI is InChI=1S/C19H23N3O2S/c1-14(23)20-10-9-17-13-25-18(21-17)16-8-5-11-22(12-16)19(24)15-6-3-2-4-7-15/h2-4,6-7,13,16H,5,8-12H2,1H3,(H,20,23)/t16-/m0/s1. The molecule has 1 aromatic heterocycles. The number of aromatic nitrogens is 1. The smallest absolute Gasteiger partial charge is 0.253 e. The zero-order chi connectivity index (χ0) is 17.6. The van der Waals surface area contributed by atoms with Crippen LogP contribution >= 0.6 is 11.3 Å². The van der Waals surface area contributed by atoms with Gasteiger partial charge in [-0.15, -0.1) is 11.3 Å². The van der Waals surface area contributed by atoms with Crippen LogP contribution in [0.1, 0.15) is 46.7 Å². The largest absolute Gasteiger partial charge is 0.356 e. The summed E-state index contributed by atoms with van der Waals surface area (Å²) in [5, 5.41) is 5.96. The van der Waals surface area contributed by atoms with Crippen molar-refractivity contribution in [3.8, 4) is 0 Å². The van der Waals surface area contributed by atoms with Gasteiger partial charge >= 0.3 is 0 Å². The van der Waals surface area contributed by atoms with E-state index in [0.717, 1.165) is 48.6 Å². The summed E-state index contributed by atoms with van der Waals surface area (Å²) in [6.07, 6.45) is 2.82. The Labute approximate surface area is 152 Å². The number of piperidine rings is 1. The van der Waals surface area contributed by atoms with Gasteiger partial charge in [-0.1, -0.05) is 18.2 Å². The summed E-state index contributed by atoms with van der Waals surface area (Å²) in [5.74, 6) is 0.395. The molecule has 1 fully saturated rings. The molecule has 5 nitrogen and oxygen atoms in total. The van der Waals surface area contributed by atoms with Crippen molar-refractivity contribution in [1.82, 2.24) is 15.2 Å². The highest BCUT2D eigenvalue weighted by molar-refractivity contribution is 7.09. The fourth-order valence-corrected chi connectivity index (χ4v) is 4.10. The number of nitrogens with one attached hydrogen (secondary N) is 1. The van der Waals surface area contributed by atoms with Crippen LogP contribution in [-0.2, 0) is 11.2 Å². The minimum atomic E-state index is -0.0159. The molecule has 0 spiro atoms. The Hall–Kier alpha value is -2.21. The van der Waals surface area contributed by atoms with E-state index in [2.05, 4.69) is 10.7 Å². The van der Waals surface area contributed by atoms with Gasteiger partial charge in [0.15, 0.2) is 0 Å². The molecule has 0 saturated carbocycles. The predicted molar refractivity (Wildman–Crippen MR) is 98.8 cm³/mol. The number of rotatable bonds is 5. The van der Waals surface area contributed by atoms with Gasteiger partial charge in [-0.2, -0.15) is 0 Å². The monoisotopic (exact) mass is 357 g/mol. The van der Waals surface area contributed by atoms with Gasteiger partial charge in [-0.05, 0) is 25.0 Å². The van der Waals surface area contributed by atoms with Crippen molar-refractivity contribution in [3.05, 3.63) is 52.0 Å². The summed E-state index contributed by atoms with van der Waals surface area (Å²) in [6.45, 7) is 3.67. The molecule has 1 aliphatic heterocycles. The third-order valence-corrected chi connectivity index (χ3v) is 5.46. The Kier molecular flexibility index (Phi) is 5.81. The highest BCUT2D eigenvalue weighted by Crippen LogP contribution is 2.30. The number of carbonyl (C=O) groups is 2. The first-order chi connectivity index (χ1) is 12.1. The number of carbonyl (C=O) groups excluding carboxylic acids is 2. The van der Waals surface area contributed by atoms with Gasteiger partial charge in [-0.3, -0.25) is 9.59 Å². The van der Waals surface area contributed by atoms with Crippen LogP contribution in [0.5, 0.6) is 0 Å². The number of likely N-dealkylation sites (tertiary alicyclic amines) is 1. The van der Waals surface area contributed by atoms with E-state index in [1.165, 1.54) is 6.92 Å². The molecule has 2 heterocycles. The molecule has 1 saturated heterocycles. The van der Waals surface area contributed by atoms with Crippen LogP contribution in [0.3, 0.4) is 0 Å². The highest BCUT2D eigenvalue weighted by atomic mass is 32.1.